The van der Waals surface area contributed by atoms with Crippen molar-refractivity contribution >= 4 is 15.8 Å². The predicted octanol–water partition coefficient (Wildman–Crippen LogP) is 6.06. The molecule has 3 aromatic carbocycles. The lowest BCUT2D eigenvalue weighted by Crippen LogP contribution is -2.27. The maximum atomic E-state index is 14.0. The molecule has 0 N–H and O–H groups in total. The highest BCUT2D eigenvalue weighted by molar-refractivity contribution is 7.91. The van der Waals surface area contributed by atoms with Crippen LogP contribution in [0.5, 0.6) is 5.75 Å². The number of benzene rings is 3. The molecule has 0 unspecified atom stereocenters. The fourth-order valence-corrected chi connectivity index (χ4v) is 4.72. The van der Waals surface area contributed by atoms with Crippen LogP contribution in [0.3, 0.4) is 0 Å². The van der Waals surface area contributed by atoms with Crippen LogP contribution in [-0.2, 0) is 25.5 Å². The minimum Gasteiger partial charge on any atom is -0.481 e. The summed E-state index contributed by atoms with van der Waals surface area (Å²) in [5, 5.41) is 0. The van der Waals surface area contributed by atoms with E-state index in [4.69, 9.17) is 9.47 Å². The Hall–Kier alpha value is -3.40. The molecular weight excluding hydrogens is 488 g/mol. The molecule has 0 radical (unpaired) electrons. The largest absolute Gasteiger partial charge is 0.481 e. The van der Waals surface area contributed by atoms with Crippen LogP contribution in [0.2, 0.25) is 0 Å². The zero-order valence-electron chi connectivity index (χ0n) is 19.0. The van der Waals surface area contributed by atoms with Crippen molar-refractivity contribution in [3.05, 3.63) is 78.1 Å². The predicted molar refractivity (Wildman–Crippen MR) is 120 cm³/mol. The van der Waals surface area contributed by atoms with Crippen LogP contribution >= 0.6 is 0 Å². The Balaban J connectivity index is 2.07. The van der Waals surface area contributed by atoms with Crippen LogP contribution in [0.1, 0.15) is 26.3 Å². The highest BCUT2D eigenvalue weighted by Crippen LogP contribution is 2.40. The topological polar surface area (TPSA) is 69.7 Å². The Morgan fingerprint density at radius 3 is 2.17 bits per heavy atom. The van der Waals surface area contributed by atoms with Gasteiger partial charge in [-0.2, -0.15) is 13.2 Å². The molecule has 3 rings (SSSR count). The SMILES string of the molecule is CC(C)(C)OC(=O)COc1ccc(F)cc1-c1ccc(S(=O)(=O)c2ccccc2)c(C(F)(F)F)c1. The highest BCUT2D eigenvalue weighted by Gasteiger charge is 2.38. The van der Waals surface area contributed by atoms with Gasteiger partial charge in [-0.1, -0.05) is 24.3 Å². The lowest BCUT2D eigenvalue weighted by Gasteiger charge is -2.20. The number of alkyl halides is 3. The Morgan fingerprint density at radius 2 is 1.57 bits per heavy atom. The molecule has 0 saturated heterocycles. The van der Waals surface area contributed by atoms with E-state index in [0.29, 0.717) is 6.07 Å². The summed E-state index contributed by atoms with van der Waals surface area (Å²) in [5.74, 6) is -1.57. The monoisotopic (exact) mass is 510 g/mol. The summed E-state index contributed by atoms with van der Waals surface area (Å²) < 4.78 is 92.3. The van der Waals surface area contributed by atoms with E-state index in [1.807, 2.05) is 0 Å². The lowest BCUT2D eigenvalue weighted by atomic mass is 10.0. The zero-order valence-corrected chi connectivity index (χ0v) is 19.8. The highest BCUT2D eigenvalue weighted by atomic mass is 32.2. The number of ether oxygens (including phenoxy) is 2. The van der Waals surface area contributed by atoms with Crippen molar-refractivity contribution < 1.29 is 40.2 Å². The fourth-order valence-electron chi connectivity index (χ4n) is 3.24. The molecule has 35 heavy (non-hydrogen) atoms. The molecule has 0 aromatic heterocycles. The third-order valence-electron chi connectivity index (χ3n) is 4.65. The molecule has 186 valence electrons. The molecule has 0 amide bonds. The second-order valence-electron chi connectivity index (χ2n) is 8.54. The van der Waals surface area contributed by atoms with Crippen molar-refractivity contribution in [3.63, 3.8) is 0 Å². The maximum Gasteiger partial charge on any atom is 0.417 e. The van der Waals surface area contributed by atoms with Crippen molar-refractivity contribution in [1.29, 1.82) is 0 Å². The van der Waals surface area contributed by atoms with Crippen LogP contribution in [0, 0.1) is 5.82 Å². The van der Waals surface area contributed by atoms with E-state index < -0.39 is 50.5 Å². The smallest absolute Gasteiger partial charge is 0.417 e. The van der Waals surface area contributed by atoms with Crippen molar-refractivity contribution in [1.82, 2.24) is 0 Å². The summed E-state index contributed by atoms with van der Waals surface area (Å²) in [5.41, 5.74) is -2.44. The van der Waals surface area contributed by atoms with Gasteiger partial charge >= 0.3 is 12.1 Å². The van der Waals surface area contributed by atoms with Gasteiger partial charge in [0, 0.05) is 5.56 Å². The molecule has 0 bridgehead atoms. The maximum absolute atomic E-state index is 14.0. The van der Waals surface area contributed by atoms with Gasteiger partial charge in [-0.3, -0.25) is 0 Å². The zero-order chi connectivity index (χ0) is 26.0. The number of sulfone groups is 1. The van der Waals surface area contributed by atoms with Crippen LogP contribution in [-0.4, -0.2) is 26.6 Å². The van der Waals surface area contributed by atoms with Gasteiger partial charge in [0.1, 0.15) is 17.2 Å². The van der Waals surface area contributed by atoms with Gasteiger partial charge in [0.25, 0.3) is 0 Å². The van der Waals surface area contributed by atoms with Gasteiger partial charge in [-0.25, -0.2) is 17.6 Å². The Labute approximate surface area is 200 Å². The van der Waals surface area contributed by atoms with Gasteiger partial charge in [-0.15, -0.1) is 0 Å². The lowest BCUT2D eigenvalue weighted by molar-refractivity contribution is -0.157. The van der Waals surface area contributed by atoms with Crippen molar-refractivity contribution in [2.45, 2.75) is 42.3 Å². The number of hydrogen-bond donors (Lipinski definition) is 0. The van der Waals surface area contributed by atoms with E-state index in [1.165, 1.54) is 30.3 Å². The number of halogens is 4. The molecule has 0 spiro atoms. The summed E-state index contributed by atoms with van der Waals surface area (Å²) in [4.78, 5) is 10.7. The first-order chi connectivity index (χ1) is 16.2. The summed E-state index contributed by atoms with van der Waals surface area (Å²) in [6.07, 6.45) is -5.03. The normalized spacial score (nSPS) is 12.3. The van der Waals surface area contributed by atoms with Crippen LogP contribution in [0.4, 0.5) is 17.6 Å². The van der Waals surface area contributed by atoms with Gasteiger partial charge in [0.05, 0.1) is 15.4 Å². The number of esters is 1. The van der Waals surface area contributed by atoms with Crippen molar-refractivity contribution in [2.24, 2.45) is 0 Å². The van der Waals surface area contributed by atoms with Crippen LogP contribution in [0.25, 0.3) is 11.1 Å². The number of rotatable bonds is 6. The Morgan fingerprint density at radius 1 is 0.914 bits per heavy atom. The Kier molecular flexibility index (Phi) is 7.26. The van der Waals surface area contributed by atoms with Gasteiger partial charge < -0.3 is 9.47 Å². The quantitative estimate of drug-likeness (QED) is 0.298. The minimum absolute atomic E-state index is 0.0796. The van der Waals surface area contributed by atoms with Gasteiger partial charge in [0.15, 0.2) is 6.61 Å². The molecule has 0 saturated carbocycles. The van der Waals surface area contributed by atoms with Gasteiger partial charge in [-0.05, 0) is 68.8 Å². The number of carbonyl (C=O) groups is 1. The number of carbonyl (C=O) groups excluding carboxylic acids is 1. The molecule has 0 heterocycles. The minimum atomic E-state index is -5.03. The van der Waals surface area contributed by atoms with Crippen LogP contribution in [0.15, 0.2) is 76.5 Å². The molecule has 5 nitrogen and oxygen atoms in total. The molecule has 0 aliphatic carbocycles. The second kappa shape index (κ2) is 9.69. The second-order valence-corrected chi connectivity index (χ2v) is 10.5. The Bertz CT molecular complexity index is 1330. The molecule has 0 fully saturated rings. The molecule has 10 heteroatoms. The van der Waals surface area contributed by atoms with Gasteiger partial charge in [0.2, 0.25) is 9.84 Å². The molecule has 0 aliphatic rings. The van der Waals surface area contributed by atoms with Crippen molar-refractivity contribution in [3.8, 4) is 16.9 Å². The third-order valence-corrected chi connectivity index (χ3v) is 6.47. The summed E-state index contributed by atoms with van der Waals surface area (Å²) in [6, 6.07) is 12.4. The van der Waals surface area contributed by atoms with E-state index >= 15 is 0 Å². The third kappa shape index (κ3) is 6.39. The van der Waals surface area contributed by atoms with E-state index in [9.17, 15) is 30.8 Å². The molecule has 0 atom stereocenters. The average Bonchev–Trinajstić information content (AvgIpc) is 2.76. The first-order valence-corrected chi connectivity index (χ1v) is 11.8. The fraction of sp³-hybridized carbons (Fsp3) is 0.240. The summed E-state index contributed by atoms with van der Waals surface area (Å²) >= 11 is 0. The summed E-state index contributed by atoms with van der Waals surface area (Å²) in [7, 11) is -4.50. The molecular formula is C25H22F4O5S. The van der Waals surface area contributed by atoms with E-state index in [1.54, 1.807) is 20.8 Å². The number of hydrogen-bond acceptors (Lipinski definition) is 5. The average molecular weight is 511 g/mol. The first-order valence-electron chi connectivity index (χ1n) is 10.3. The van der Waals surface area contributed by atoms with E-state index in [2.05, 4.69) is 0 Å². The standard InChI is InChI=1S/C25H22F4O5S/c1-24(2,3)34-23(30)15-33-21-11-10-17(26)14-19(21)16-9-12-22(20(13-16)25(27,28)29)35(31,32)18-7-5-4-6-8-18/h4-14H,15H2,1-3H3. The van der Waals surface area contributed by atoms with Crippen LogP contribution < -0.4 is 4.74 Å². The van der Waals surface area contributed by atoms with E-state index in [0.717, 1.165) is 30.3 Å². The molecule has 3 aromatic rings. The first kappa shape index (κ1) is 26.2. The van der Waals surface area contributed by atoms with Crippen molar-refractivity contribution in [2.75, 3.05) is 6.61 Å². The molecule has 0 aliphatic heterocycles. The van der Waals surface area contributed by atoms with E-state index in [-0.39, 0.29) is 21.8 Å². The summed E-state index contributed by atoms with van der Waals surface area (Å²) in [6.45, 7) is 4.39.